The molecule has 3 heteroatoms. The van der Waals surface area contributed by atoms with Crippen LogP contribution in [0.3, 0.4) is 0 Å². The Labute approximate surface area is 109 Å². The molecule has 1 aliphatic rings. The second kappa shape index (κ2) is 5.53. The fourth-order valence-corrected chi connectivity index (χ4v) is 2.41. The Kier molecular flexibility index (Phi) is 4.02. The highest BCUT2D eigenvalue weighted by atomic mass is 16.2. The van der Waals surface area contributed by atoms with Crippen LogP contribution in [0.2, 0.25) is 0 Å². The van der Waals surface area contributed by atoms with Crippen molar-refractivity contribution in [3.8, 4) is 0 Å². The van der Waals surface area contributed by atoms with Crippen LogP contribution in [0.1, 0.15) is 24.5 Å². The Morgan fingerprint density at radius 1 is 1.33 bits per heavy atom. The minimum absolute atomic E-state index is 0.0465. The normalized spacial score (nSPS) is 21.6. The molecule has 1 amide bonds. The molecular formula is C15H22N2O. The van der Waals surface area contributed by atoms with Crippen molar-refractivity contribution in [3.63, 3.8) is 0 Å². The Morgan fingerprint density at radius 2 is 2.11 bits per heavy atom. The van der Waals surface area contributed by atoms with Crippen molar-refractivity contribution >= 4 is 11.6 Å². The zero-order chi connectivity index (χ0) is 13.1. The zero-order valence-electron chi connectivity index (χ0n) is 11.5. The maximum atomic E-state index is 12.4. The van der Waals surface area contributed by atoms with Crippen molar-refractivity contribution in [3.05, 3.63) is 29.3 Å². The summed E-state index contributed by atoms with van der Waals surface area (Å²) in [6.07, 6.45) is 1.01. The van der Waals surface area contributed by atoms with Gasteiger partial charge in [-0.15, -0.1) is 0 Å². The van der Waals surface area contributed by atoms with Gasteiger partial charge in [0.2, 0.25) is 5.91 Å². The number of aryl methyl sites for hydroxylation is 1. The number of nitrogens with zero attached hydrogens (tertiary/aromatic N) is 1. The predicted molar refractivity (Wildman–Crippen MR) is 74.9 cm³/mol. The molecule has 1 unspecified atom stereocenters. The second-order valence-corrected chi connectivity index (χ2v) is 5.17. The SMILES string of the molecule is Cc1cccc(N2CCCNCC(C)C2=O)c1C. The molecule has 0 bridgehead atoms. The molecule has 0 aliphatic carbocycles. The highest BCUT2D eigenvalue weighted by Gasteiger charge is 2.24. The first-order valence-corrected chi connectivity index (χ1v) is 6.69. The Morgan fingerprint density at radius 3 is 2.89 bits per heavy atom. The minimum atomic E-state index is 0.0465. The summed E-state index contributed by atoms with van der Waals surface area (Å²) < 4.78 is 0. The predicted octanol–water partition coefficient (Wildman–Crippen LogP) is 2.27. The Hall–Kier alpha value is -1.35. The van der Waals surface area contributed by atoms with Crippen LogP contribution in [0.5, 0.6) is 0 Å². The third-order valence-corrected chi connectivity index (χ3v) is 3.74. The average molecular weight is 246 g/mol. The van der Waals surface area contributed by atoms with E-state index in [0.29, 0.717) is 0 Å². The summed E-state index contributed by atoms with van der Waals surface area (Å²) in [6.45, 7) is 8.76. The largest absolute Gasteiger partial charge is 0.316 e. The molecule has 1 fully saturated rings. The van der Waals surface area contributed by atoms with Gasteiger partial charge in [-0.05, 0) is 44.0 Å². The van der Waals surface area contributed by atoms with E-state index in [1.807, 2.05) is 17.9 Å². The van der Waals surface area contributed by atoms with Crippen LogP contribution >= 0.6 is 0 Å². The first kappa shape index (κ1) is 13.1. The number of hydrogen-bond acceptors (Lipinski definition) is 2. The third-order valence-electron chi connectivity index (χ3n) is 3.74. The van der Waals surface area contributed by atoms with Crippen LogP contribution in [-0.4, -0.2) is 25.5 Å². The summed E-state index contributed by atoms with van der Waals surface area (Å²) in [6, 6.07) is 6.19. The van der Waals surface area contributed by atoms with Crippen LogP contribution in [0, 0.1) is 19.8 Å². The van der Waals surface area contributed by atoms with Crippen LogP contribution in [0.4, 0.5) is 5.69 Å². The number of rotatable bonds is 1. The van der Waals surface area contributed by atoms with Gasteiger partial charge in [-0.3, -0.25) is 4.79 Å². The van der Waals surface area contributed by atoms with Crippen LogP contribution < -0.4 is 10.2 Å². The van der Waals surface area contributed by atoms with Gasteiger partial charge >= 0.3 is 0 Å². The lowest BCUT2D eigenvalue weighted by atomic mass is 10.0. The molecule has 0 saturated carbocycles. The maximum absolute atomic E-state index is 12.4. The molecule has 1 aromatic rings. The Bertz CT molecular complexity index is 442. The van der Waals surface area contributed by atoms with E-state index in [1.54, 1.807) is 0 Å². The molecule has 2 rings (SSSR count). The smallest absolute Gasteiger partial charge is 0.231 e. The van der Waals surface area contributed by atoms with E-state index in [2.05, 4.69) is 31.3 Å². The maximum Gasteiger partial charge on any atom is 0.231 e. The summed E-state index contributed by atoms with van der Waals surface area (Å²) in [4.78, 5) is 14.4. The summed E-state index contributed by atoms with van der Waals surface area (Å²) in [7, 11) is 0. The van der Waals surface area contributed by atoms with Gasteiger partial charge in [0, 0.05) is 24.7 Å². The number of carbonyl (C=O) groups excluding carboxylic acids is 1. The van der Waals surface area contributed by atoms with Crippen molar-refractivity contribution in [2.75, 3.05) is 24.5 Å². The van der Waals surface area contributed by atoms with Gasteiger partial charge in [-0.1, -0.05) is 19.1 Å². The summed E-state index contributed by atoms with van der Waals surface area (Å²) in [5, 5.41) is 3.32. The first-order valence-electron chi connectivity index (χ1n) is 6.69. The first-order chi connectivity index (χ1) is 8.61. The van der Waals surface area contributed by atoms with E-state index in [0.717, 1.165) is 31.7 Å². The van der Waals surface area contributed by atoms with Gasteiger partial charge in [-0.25, -0.2) is 0 Å². The fraction of sp³-hybridized carbons (Fsp3) is 0.533. The van der Waals surface area contributed by atoms with Gasteiger partial charge in [0.15, 0.2) is 0 Å². The number of amides is 1. The Balaban J connectivity index is 2.33. The molecule has 1 saturated heterocycles. The molecule has 0 radical (unpaired) electrons. The van der Waals surface area contributed by atoms with E-state index in [4.69, 9.17) is 0 Å². The van der Waals surface area contributed by atoms with Gasteiger partial charge in [0.25, 0.3) is 0 Å². The van der Waals surface area contributed by atoms with Crippen LogP contribution in [-0.2, 0) is 4.79 Å². The van der Waals surface area contributed by atoms with Crippen molar-refractivity contribution < 1.29 is 4.79 Å². The standard InChI is InChI=1S/C15H22N2O/c1-11-6-4-7-14(13(11)3)17-9-5-8-16-10-12(2)15(17)18/h4,6-7,12,16H,5,8-10H2,1-3H3. The number of hydrogen-bond donors (Lipinski definition) is 1. The van der Waals surface area contributed by atoms with Crippen LogP contribution in [0.25, 0.3) is 0 Å². The number of benzene rings is 1. The molecule has 1 heterocycles. The zero-order valence-corrected chi connectivity index (χ0v) is 11.5. The monoisotopic (exact) mass is 246 g/mol. The second-order valence-electron chi connectivity index (χ2n) is 5.17. The third kappa shape index (κ3) is 2.56. The van der Waals surface area contributed by atoms with Gasteiger partial charge in [0.05, 0.1) is 0 Å². The minimum Gasteiger partial charge on any atom is -0.316 e. The van der Waals surface area contributed by atoms with Crippen molar-refractivity contribution in [1.29, 1.82) is 0 Å². The lowest BCUT2D eigenvalue weighted by molar-refractivity contribution is -0.122. The highest BCUT2D eigenvalue weighted by Crippen LogP contribution is 2.25. The number of nitrogens with one attached hydrogen (secondary N) is 1. The van der Waals surface area contributed by atoms with Crippen molar-refractivity contribution in [1.82, 2.24) is 5.32 Å². The van der Waals surface area contributed by atoms with E-state index in [1.165, 1.54) is 11.1 Å². The van der Waals surface area contributed by atoms with Crippen molar-refractivity contribution in [2.24, 2.45) is 5.92 Å². The highest BCUT2D eigenvalue weighted by molar-refractivity contribution is 5.95. The molecule has 0 aromatic heterocycles. The van der Waals surface area contributed by atoms with E-state index < -0.39 is 0 Å². The number of carbonyl (C=O) groups is 1. The van der Waals surface area contributed by atoms with Gasteiger partial charge in [-0.2, -0.15) is 0 Å². The lowest BCUT2D eigenvalue weighted by Crippen LogP contribution is -2.43. The molecule has 1 N–H and O–H groups in total. The quantitative estimate of drug-likeness (QED) is 0.824. The van der Waals surface area contributed by atoms with E-state index in [-0.39, 0.29) is 11.8 Å². The lowest BCUT2D eigenvalue weighted by Gasteiger charge is -2.30. The number of anilines is 1. The molecule has 18 heavy (non-hydrogen) atoms. The van der Waals surface area contributed by atoms with Gasteiger partial charge < -0.3 is 10.2 Å². The average Bonchev–Trinajstić information content (AvgIpc) is 2.35. The van der Waals surface area contributed by atoms with Crippen molar-refractivity contribution in [2.45, 2.75) is 27.2 Å². The molecular weight excluding hydrogens is 224 g/mol. The van der Waals surface area contributed by atoms with E-state index in [9.17, 15) is 4.79 Å². The topological polar surface area (TPSA) is 32.3 Å². The molecule has 0 spiro atoms. The fourth-order valence-electron chi connectivity index (χ4n) is 2.41. The molecule has 1 aromatic carbocycles. The molecule has 1 atom stereocenters. The van der Waals surface area contributed by atoms with Gasteiger partial charge in [0.1, 0.15) is 0 Å². The summed E-state index contributed by atoms with van der Waals surface area (Å²) in [5.74, 6) is 0.279. The molecule has 98 valence electrons. The summed E-state index contributed by atoms with van der Waals surface area (Å²) >= 11 is 0. The van der Waals surface area contributed by atoms with Crippen LogP contribution in [0.15, 0.2) is 18.2 Å². The molecule has 3 nitrogen and oxygen atoms in total. The molecule has 1 aliphatic heterocycles. The van der Waals surface area contributed by atoms with E-state index >= 15 is 0 Å². The summed E-state index contributed by atoms with van der Waals surface area (Å²) in [5.41, 5.74) is 3.54.